The van der Waals surface area contributed by atoms with E-state index in [1.165, 1.54) is 0 Å². The summed E-state index contributed by atoms with van der Waals surface area (Å²) in [6.45, 7) is 7.47. The third kappa shape index (κ3) is 4.55. The van der Waals surface area contributed by atoms with Gasteiger partial charge in [0.25, 0.3) is 0 Å². The van der Waals surface area contributed by atoms with Gasteiger partial charge in [-0.1, -0.05) is 5.11 Å². The second-order valence-corrected chi connectivity index (χ2v) is 9.33. The Hall–Kier alpha value is -1.54. The zero-order chi connectivity index (χ0) is 18.8. The number of nitrogens with zero attached hydrogens (tertiary/aromatic N) is 3. The summed E-state index contributed by atoms with van der Waals surface area (Å²) in [4.78, 5) is 2.71. The lowest BCUT2D eigenvalue weighted by molar-refractivity contribution is 0.124. The number of azide groups is 1. The van der Waals surface area contributed by atoms with E-state index < -0.39 is 33.3 Å². The van der Waals surface area contributed by atoms with Crippen molar-refractivity contribution in [2.24, 2.45) is 5.11 Å². The molecule has 1 aromatic carbocycles. The quantitative estimate of drug-likeness (QED) is 0.358. The molecule has 0 amide bonds. The summed E-state index contributed by atoms with van der Waals surface area (Å²) in [5.41, 5.74) is 8.30. The fourth-order valence-corrected chi connectivity index (χ4v) is 3.36. The lowest BCUT2D eigenvalue weighted by Crippen LogP contribution is -2.40. The van der Waals surface area contributed by atoms with Gasteiger partial charge >= 0.3 is 0 Å². The Morgan fingerprint density at radius 1 is 1.48 bits per heavy atom. The zero-order valence-electron chi connectivity index (χ0n) is 14.7. The summed E-state index contributed by atoms with van der Waals surface area (Å²) in [6.07, 6.45) is 0.457. The lowest BCUT2D eigenvalue weighted by Gasteiger charge is -2.24. The highest BCUT2D eigenvalue weighted by Crippen LogP contribution is 2.40. The summed E-state index contributed by atoms with van der Waals surface area (Å²) in [7, 11) is 0. The fourth-order valence-electron chi connectivity index (χ4n) is 2.64. The first-order valence-corrected chi connectivity index (χ1v) is 9.07. The van der Waals surface area contributed by atoms with Crippen LogP contribution >= 0.6 is 0 Å². The Balaban J connectivity index is 2.19. The molecule has 2 atom stereocenters. The molecule has 0 saturated heterocycles. The molecule has 0 aliphatic carbocycles. The molecule has 1 aromatic rings. The van der Waals surface area contributed by atoms with Crippen LogP contribution in [-0.2, 0) is 24.2 Å². The van der Waals surface area contributed by atoms with Crippen molar-refractivity contribution in [2.75, 3.05) is 13.1 Å². The molecule has 0 saturated carbocycles. The Kier molecular flexibility index (Phi) is 5.83. The van der Waals surface area contributed by atoms with Gasteiger partial charge in [-0.2, -0.15) is 0 Å². The zero-order valence-corrected chi connectivity index (χ0v) is 15.5. The Bertz CT molecular complexity index is 704. The standard InChI is InChI=1S/C16H22F2N4O2S/c1-15(2,3)25(23)21-6-5-11-13(18)12(17)7-10-8-16(4,9-20-22-19)24-14(10)11/h7,21H,5-6,8-9H2,1-4H3. The van der Waals surface area contributed by atoms with Crippen molar-refractivity contribution < 1.29 is 18.1 Å². The minimum atomic E-state index is -1.30. The number of halogens is 2. The van der Waals surface area contributed by atoms with Crippen LogP contribution in [0.15, 0.2) is 11.2 Å². The molecule has 138 valence electrons. The van der Waals surface area contributed by atoms with Gasteiger partial charge in [0, 0.05) is 40.4 Å². The molecule has 0 bridgehead atoms. The molecule has 0 radical (unpaired) electrons. The van der Waals surface area contributed by atoms with E-state index in [9.17, 15) is 13.3 Å². The molecule has 0 aromatic heterocycles. The third-order valence-electron chi connectivity index (χ3n) is 3.89. The number of benzene rings is 1. The largest absolute Gasteiger partial charge is 0.598 e. The van der Waals surface area contributed by atoms with Gasteiger partial charge in [0.1, 0.15) is 16.1 Å². The molecule has 2 unspecified atom stereocenters. The highest BCUT2D eigenvalue weighted by molar-refractivity contribution is 7.90. The lowest BCUT2D eigenvalue weighted by atomic mass is 9.97. The fraction of sp³-hybridized carbons (Fsp3) is 0.625. The van der Waals surface area contributed by atoms with Gasteiger partial charge in [-0.15, -0.1) is 4.72 Å². The Morgan fingerprint density at radius 3 is 2.76 bits per heavy atom. The molecular weight excluding hydrogens is 350 g/mol. The summed E-state index contributed by atoms with van der Waals surface area (Å²) < 4.78 is 48.4. The van der Waals surface area contributed by atoms with Crippen LogP contribution in [0.1, 0.15) is 38.8 Å². The van der Waals surface area contributed by atoms with E-state index >= 15 is 0 Å². The maximum absolute atomic E-state index is 14.3. The summed E-state index contributed by atoms with van der Waals surface area (Å²) >= 11 is -1.30. The molecule has 2 rings (SSSR count). The van der Waals surface area contributed by atoms with E-state index in [1.807, 2.05) is 20.8 Å². The monoisotopic (exact) mass is 372 g/mol. The first-order chi connectivity index (χ1) is 11.6. The van der Waals surface area contributed by atoms with Gasteiger partial charge in [0.15, 0.2) is 11.6 Å². The molecule has 9 heteroatoms. The number of fused-ring (bicyclic) bond motifs is 1. The highest BCUT2D eigenvalue weighted by atomic mass is 32.2. The van der Waals surface area contributed by atoms with Crippen molar-refractivity contribution in [3.63, 3.8) is 0 Å². The van der Waals surface area contributed by atoms with E-state index in [4.69, 9.17) is 10.3 Å². The number of ether oxygens (including phenoxy) is 1. The second-order valence-electron chi connectivity index (χ2n) is 7.28. The van der Waals surface area contributed by atoms with Crippen LogP contribution in [-0.4, -0.2) is 28.0 Å². The third-order valence-corrected chi connectivity index (χ3v) is 5.47. The number of rotatable bonds is 6. The van der Waals surface area contributed by atoms with Crippen LogP contribution in [0.3, 0.4) is 0 Å². The molecule has 1 aliphatic heterocycles. The van der Waals surface area contributed by atoms with E-state index in [1.54, 1.807) is 6.92 Å². The van der Waals surface area contributed by atoms with Crippen molar-refractivity contribution in [3.8, 4) is 5.75 Å². The molecule has 1 aliphatic rings. The maximum atomic E-state index is 14.3. The average Bonchev–Trinajstić information content (AvgIpc) is 2.84. The minimum absolute atomic E-state index is 0.0626. The SMILES string of the molecule is CC1(CN=[N+]=[N-])Cc2cc(F)c(F)c(CCN[S+]([O-])C(C)(C)C)c2O1. The van der Waals surface area contributed by atoms with Gasteiger partial charge < -0.3 is 9.29 Å². The normalized spacial score (nSPS) is 20.6. The topological polar surface area (TPSA) is 93.1 Å². The average molecular weight is 372 g/mol. The Morgan fingerprint density at radius 2 is 2.16 bits per heavy atom. The van der Waals surface area contributed by atoms with E-state index in [-0.39, 0.29) is 30.8 Å². The molecule has 1 N–H and O–H groups in total. The van der Waals surface area contributed by atoms with Crippen molar-refractivity contribution in [3.05, 3.63) is 39.3 Å². The molecule has 1 heterocycles. The van der Waals surface area contributed by atoms with Crippen molar-refractivity contribution in [1.82, 2.24) is 4.72 Å². The predicted molar refractivity (Wildman–Crippen MR) is 92.7 cm³/mol. The number of hydrogen-bond acceptors (Lipinski definition) is 4. The summed E-state index contributed by atoms with van der Waals surface area (Å²) in [5, 5.41) is 3.51. The first-order valence-electron chi connectivity index (χ1n) is 7.92. The van der Waals surface area contributed by atoms with Crippen LogP contribution in [0.2, 0.25) is 0 Å². The van der Waals surface area contributed by atoms with Crippen LogP contribution < -0.4 is 9.46 Å². The number of hydrogen-bond donors (Lipinski definition) is 1. The number of nitrogens with one attached hydrogen (secondary N) is 1. The van der Waals surface area contributed by atoms with Crippen molar-refractivity contribution in [2.45, 2.75) is 50.9 Å². The maximum Gasteiger partial charge on any atom is 0.165 e. The van der Waals surface area contributed by atoms with Crippen LogP contribution in [0.25, 0.3) is 10.4 Å². The van der Waals surface area contributed by atoms with Crippen LogP contribution in [0.5, 0.6) is 5.75 Å². The molecule has 0 spiro atoms. The van der Waals surface area contributed by atoms with E-state index in [2.05, 4.69) is 14.7 Å². The second kappa shape index (κ2) is 7.37. The van der Waals surface area contributed by atoms with E-state index in [0.29, 0.717) is 12.0 Å². The van der Waals surface area contributed by atoms with Gasteiger partial charge in [0.2, 0.25) is 0 Å². The molecule has 25 heavy (non-hydrogen) atoms. The van der Waals surface area contributed by atoms with Gasteiger partial charge in [-0.25, -0.2) is 8.78 Å². The van der Waals surface area contributed by atoms with Gasteiger partial charge in [-0.05, 0) is 45.7 Å². The summed E-state index contributed by atoms with van der Waals surface area (Å²) in [5.74, 6) is -1.62. The molecule has 6 nitrogen and oxygen atoms in total. The highest BCUT2D eigenvalue weighted by Gasteiger charge is 2.37. The smallest absolute Gasteiger partial charge is 0.165 e. The Labute approximate surface area is 148 Å². The van der Waals surface area contributed by atoms with Gasteiger partial charge in [0.05, 0.1) is 6.54 Å². The van der Waals surface area contributed by atoms with Gasteiger partial charge in [-0.3, -0.25) is 0 Å². The van der Waals surface area contributed by atoms with Crippen molar-refractivity contribution in [1.29, 1.82) is 0 Å². The molecule has 0 fully saturated rings. The van der Waals surface area contributed by atoms with E-state index in [0.717, 1.165) is 6.07 Å². The minimum Gasteiger partial charge on any atom is -0.598 e. The summed E-state index contributed by atoms with van der Waals surface area (Å²) in [6, 6.07) is 1.12. The van der Waals surface area contributed by atoms with Crippen LogP contribution in [0, 0.1) is 11.6 Å². The molecular formula is C16H22F2N4O2S. The first kappa shape index (κ1) is 19.8. The van der Waals surface area contributed by atoms with Crippen LogP contribution in [0.4, 0.5) is 8.78 Å². The van der Waals surface area contributed by atoms with Crippen molar-refractivity contribution >= 4 is 11.4 Å². The predicted octanol–water partition coefficient (Wildman–Crippen LogP) is 3.56.